The molecule has 118 valence electrons. The largest absolute Gasteiger partial charge is 0.465 e. The standard InChI is InChI=1S/C16H15N3O3S/c1-9-5-17-15(23-9)12-3-10(16(20)21-2)4-14-13(12)6-18-19(14)11-7-22-8-11/h3-6,11H,7-8H2,1-2H3. The van der Waals surface area contributed by atoms with E-state index in [0.29, 0.717) is 18.8 Å². The highest BCUT2D eigenvalue weighted by Crippen LogP contribution is 2.34. The van der Waals surface area contributed by atoms with Gasteiger partial charge in [-0.1, -0.05) is 0 Å². The normalized spacial score (nSPS) is 14.9. The average Bonchev–Trinajstić information content (AvgIpc) is 3.11. The molecule has 23 heavy (non-hydrogen) atoms. The van der Waals surface area contributed by atoms with E-state index in [1.807, 2.05) is 36.1 Å². The maximum absolute atomic E-state index is 12.0. The summed E-state index contributed by atoms with van der Waals surface area (Å²) >= 11 is 1.60. The number of aryl methyl sites for hydroxylation is 1. The van der Waals surface area contributed by atoms with Crippen molar-refractivity contribution in [2.45, 2.75) is 13.0 Å². The monoisotopic (exact) mass is 329 g/mol. The molecule has 0 saturated carbocycles. The van der Waals surface area contributed by atoms with Gasteiger partial charge in [0.2, 0.25) is 0 Å². The summed E-state index contributed by atoms with van der Waals surface area (Å²) in [5.41, 5.74) is 2.32. The van der Waals surface area contributed by atoms with Gasteiger partial charge in [0, 0.05) is 22.0 Å². The zero-order valence-electron chi connectivity index (χ0n) is 12.8. The summed E-state index contributed by atoms with van der Waals surface area (Å²) < 4.78 is 12.1. The van der Waals surface area contributed by atoms with Gasteiger partial charge >= 0.3 is 5.97 Å². The van der Waals surface area contributed by atoms with Crippen LogP contribution in [0.4, 0.5) is 0 Å². The zero-order chi connectivity index (χ0) is 16.0. The highest BCUT2D eigenvalue weighted by Gasteiger charge is 2.25. The molecule has 0 unspecified atom stereocenters. The molecule has 7 heteroatoms. The van der Waals surface area contributed by atoms with Crippen molar-refractivity contribution in [3.63, 3.8) is 0 Å². The van der Waals surface area contributed by atoms with Crippen LogP contribution in [0.2, 0.25) is 0 Å². The van der Waals surface area contributed by atoms with Crippen molar-refractivity contribution in [2.75, 3.05) is 20.3 Å². The van der Waals surface area contributed by atoms with E-state index in [1.165, 1.54) is 7.11 Å². The van der Waals surface area contributed by atoms with Crippen LogP contribution in [0.1, 0.15) is 21.3 Å². The van der Waals surface area contributed by atoms with E-state index < -0.39 is 0 Å². The van der Waals surface area contributed by atoms with Crippen molar-refractivity contribution in [1.29, 1.82) is 0 Å². The number of carbonyl (C=O) groups is 1. The third-order valence-electron chi connectivity index (χ3n) is 3.96. The second-order valence-corrected chi connectivity index (χ2v) is 6.74. The SMILES string of the molecule is COC(=O)c1cc(-c2ncc(C)s2)c2cnn(C3COC3)c2c1. The van der Waals surface area contributed by atoms with E-state index >= 15 is 0 Å². The Labute approximate surface area is 136 Å². The summed E-state index contributed by atoms with van der Waals surface area (Å²) in [6.07, 6.45) is 3.67. The molecule has 1 aromatic carbocycles. The van der Waals surface area contributed by atoms with Crippen LogP contribution in [0.25, 0.3) is 21.5 Å². The molecule has 0 spiro atoms. The van der Waals surface area contributed by atoms with E-state index in [2.05, 4.69) is 10.1 Å². The molecular weight excluding hydrogens is 314 g/mol. The molecule has 0 atom stereocenters. The van der Waals surface area contributed by atoms with Gasteiger partial charge in [0.1, 0.15) is 5.01 Å². The molecule has 4 rings (SSSR count). The molecule has 0 radical (unpaired) electrons. The minimum atomic E-state index is -0.362. The van der Waals surface area contributed by atoms with Gasteiger partial charge in [-0.3, -0.25) is 4.68 Å². The lowest BCUT2D eigenvalue weighted by Crippen LogP contribution is -2.31. The predicted molar refractivity (Wildman–Crippen MR) is 86.8 cm³/mol. The second kappa shape index (κ2) is 5.43. The summed E-state index contributed by atoms with van der Waals surface area (Å²) in [4.78, 5) is 17.6. The highest BCUT2D eigenvalue weighted by molar-refractivity contribution is 7.15. The Hall–Kier alpha value is -2.25. The maximum atomic E-state index is 12.0. The highest BCUT2D eigenvalue weighted by atomic mass is 32.1. The number of hydrogen-bond donors (Lipinski definition) is 0. The Balaban J connectivity index is 1.96. The fraction of sp³-hybridized carbons (Fsp3) is 0.312. The Bertz CT molecular complexity index is 895. The topological polar surface area (TPSA) is 66.2 Å². The Morgan fingerprint density at radius 2 is 2.22 bits per heavy atom. The lowest BCUT2D eigenvalue weighted by atomic mass is 10.1. The van der Waals surface area contributed by atoms with Gasteiger partial charge < -0.3 is 9.47 Å². The Morgan fingerprint density at radius 1 is 1.39 bits per heavy atom. The number of fused-ring (bicyclic) bond motifs is 1. The molecule has 0 bridgehead atoms. The number of carbonyl (C=O) groups excluding carboxylic acids is 1. The van der Waals surface area contributed by atoms with Gasteiger partial charge in [0.25, 0.3) is 0 Å². The van der Waals surface area contributed by atoms with E-state index in [1.54, 1.807) is 11.3 Å². The van der Waals surface area contributed by atoms with Gasteiger partial charge in [0.15, 0.2) is 0 Å². The van der Waals surface area contributed by atoms with Crippen molar-refractivity contribution in [2.24, 2.45) is 0 Å². The smallest absolute Gasteiger partial charge is 0.337 e. The molecule has 3 heterocycles. The third kappa shape index (κ3) is 2.32. The molecule has 1 saturated heterocycles. The molecule has 0 N–H and O–H groups in total. The van der Waals surface area contributed by atoms with Crippen LogP contribution >= 0.6 is 11.3 Å². The number of methoxy groups -OCH3 is 1. The summed E-state index contributed by atoms with van der Waals surface area (Å²) in [6, 6.07) is 3.87. The summed E-state index contributed by atoms with van der Waals surface area (Å²) in [5.74, 6) is -0.362. The van der Waals surface area contributed by atoms with Crippen molar-refractivity contribution in [1.82, 2.24) is 14.8 Å². The number of esters is 1. The minimum absolute atomic E-state index is 0.214. The first-order chi connectivity index (χ1) is 11.2. The molecule has 0 amide bonds. The number of thiazole rings is 1. The van der Waals surface area contributed by atoms with Crippen LogP contribution < -0.4 is 0 Å². The number of ether oxygens (including phenoxy) is 2. The predicted octanol–water partition coefficient (Wildman–Crippen LogP) is 2.83. The van der Waals surface area contributed by atoms with Gasteiger partial charge in [-0.05, 0) is 19.1 Å². The summed E-state index contributed by atoms with van der Waals surface area (Å²) in [5, 5.41) is 6.36. The molecule has 3 aromatic rings. The molecule has 1 aliphatic rings. The summed E-state index contributed by atoms with van der Waals surface area (Å²) in [6.45, 7) is 3.30. The summed E-state index contributed by atoms with van der Waals surface area (Å²) in [7, 11) is 1.39. The molecular formula is C16H15N3O3S. The number of nitrogens with zero attached hydrogens (tertiary/aromatic N) is 3. The number of hydrogen-bond acceptors (Lipinski definition) is 6. The van der Waals surface area contributed by atoms with Crippen LogP contribution in [0.15, 0.2) is 24.5 Å². The van der Waals surface area contributed by atoms with Gasteiger partial charge in [0.05, 0.1) is 43.6 Å². The maximum Gasteiger partial charge on any atom is 0.337 e. The van der Waals surface area contributed by atoms with Crippen LogP contribution in [-0.4, -0.2) is 41.1 Å². The number of benzene rings is 1. The van der Waals surface area contributed by atoms with E-state index in [-0.39, 0.29) is 12.0 Å². The lowest BCUT2D eigenvalue weighted by molar-refractivity contribution is -0.0266. The van der Waals surface area contributed by atoms with E-state index in [4.69, 9.17) is 9.47 Å². The quantitative estimate of drug-likeness (QED) is 0.691. The first-order valence-corrected chi connectivity index (χ1v) is 8.09. The van der Waals surface area contributed by atoms with Crippen molar-refractivity contribution < 1.29 is 14.3 Å². The first-order valence-electron chi connectivity index (χ1n) is 7.27. The van der Waals surface area contributed by atoms with Crippen molar-refractivity contribution >= 4 is 28.2 Å². The lowest BCUT2D eigenvalue weighted by Gasteiger charge is -2.26. The van der Waals surface area contributed by atoms with Gasteiger partial charge in [-0.15, -0.1) is 11.3 Å². The molecule has 6 nitrogen and oxygen atoms in total. The third-order valence-corrected chi connectivity index (χ3v) is 4.90. The Morgan fingerprint density at radius 3 is 2.83 bits per heavy atom. The van der Waals surface area contributed by atoms with E-state index in [0.717, 1.165) is 26.4 Å². The van der Waals surface area contributed by atoms with Crippen LogP contribution in [0, 0.1) is 6.92 Å². The zero-order valence-corrected chi connectivity index (χ0v) is 13.6. The minimum Gasteiger partial charge on any atom is -0.465 e. The molecule has 1 aliphatic heterocycles. The molecule has 1 fully saturated rings. The molecule has 0 aliphatic carbocycles. The average molecular weight is 329 g/mol. The van der Waals surface area contributed by atoms with Crippen molar-refractivity contribution in [3.05, 3.63) is 35.0 Å². The second-order valence-electron chi connectivity index (χ2n) is 5.50. The fourth-order valence-electron chi connectivity index (χ4n) is 2.69. The van der Waals surface area contributed by atoms with Gasteiger partial charge in [-0.2, -0.15) is 5.10 Å². The number of aromatic nitrogens is 3. The molecule has 2 aromatic heterocycles. The van der Waals surface area contributed by atoms with Crippen molar-refractivity contribution in [3.8, 4) is 10.6 Å². The number of rotatable bonds is 3. The van der Waals surface area contributed by atoms with Crippen LogP contribution in [-0.2, 0) is 9.47 Å². The Kier molecular flexibility index (Phi) is 3.39. The fourth-order valence-corrected chi connectivity index (χ4v) is 3.49. The van der Waals surface area contributed by atoms with Crippen LogP contribution in [0.5, 0.6) is 0 Å². The van der Waals surface area contributed by atoms with E-state index in [9.17, 15) is 4.79 Å². The van der Waals surface area contributed by atoms with Crippen LogP contribution in [0.3, 0.4) is 0 Å². The first kappa shape index (κ1) is 14.3. The van der Waals surface area contributed by atoms with Gasteiger partial charge in [-0.25, -0.2) is 9.78 Å².